The van der Waals surface area contributed by atoms with E-state index in [0.29, 0.717) is 24.5 Å². The van der Waals surface area contributed by atoms with Gasteiger partial charge in [0.25, 0.3) is 5.91 Å². The van der Waals surface area contributed by atoms with Gasteiger partial charge in [-0.3, -0.25) is 10.1 Å². The molecule has 0 saturated carbocycles. The number of nitrogens with zero attached hydrogens (tertiary/aromatic N) is 1. The van der Waals surface area contributed by atoms with Crippen molar-refractivity contribution in [3.05, 3.63) is 53.6 Å². The molecule has 1 heterocycles. The topological polar surface area (TPSA) is 108 Å². The zero-order chi connectivity index (χ0) is 21.5. The number of amides is 2. The van der Waals surface area contributed by atoms with Crippen molar-refractivity contribution in [1.29, 1.82) is 0 Å². The van der Waals surface area contributed by atoms with Crippen LogP contribution in [0.5, 0.6) is 11.5 Å². The summed E-state index contributed by atoms with van der Waals surface area (Å²) in [7, 11) is 1.46. The molecular formula is C22H26N2O6. The number of piperidine rings is 1. The van der Waals surface area contributed by atoms with E-state index in [-0.39, 0.29) is 36.4 Å². The Morgan fingerprint density at radius 2 is 1.93 bits per heavy atom. The minimum atomic E-state index is -1.29. The molecule has 3 rings (SSSR count). The molecule has 8 heteroatoms. The van der Waals surface area contributed by atoms with Crippen molar-refractivity contribution in [2.45, 2.75) is 31.9 Å². The van der Waals surface area contributed by atoms with Crippen molar-refractivity contribution in [1.82, 2.24) is 4.90 Å². The summed E-state index contributed by atoms with van der Waals surface area (Å²) >= 11 is 0. The maximum Gasteiger partial charge on any atom is 0.409 e. The second-order valence-electron chi connectivity index (χ2n) is 7.08. The smallest absolute Gasteiger partial charge is 0.409 e. The summed E-state index contributed by atoms with van der Waals surface area (Å²) in [6, 6.07) is 12.2. The minimum absolute atomic E-state index is 0.110. The fraction of sp³-hybridized carbons (Fsp3) is 0.364. The van der Waals surface area contributed by atoms with Crippen LogP contribution in [0.2, 0.25) is 0 Å². The van der Waals surface area contributed by atoms with E-state index in [9.17, 15) is 19.8 Å². The zero-order valence-electron chi connectivity index (χ0n) is 16.8. The molecular weight excluding hydrogens is 388 g/mol. The van der Waals surface area contributed by atoms with E-state index in [1.165, 1.54) is 19.2 Å². The Kier molecular flexibility index (Phi) is 7.13. The molecule has 1 saturated heterocycles. The molecule has 3 N–H and O–H groups in total. The van der Waals surface area contributed by atoms with Crippen molar-refractivity contribution in [3.63, 3.8) is 0 Å². The summed E-state index contributed by atoms with van der Waals surface area (Å²) in [5.41, 5.74) is 1.20. The summed E-state index contributed by atoms with van der Waals surface area (Å²) in [5, 5.41) is 21.2. The number of likely N-dealkylation sites (tertiary alicyclic amines) is 1. The van der Waals surface area contributed by atoms with Gasteiger partial charge in [-0.1, -0.05) is 30.3 Å². The fourth-order valence-corrected chi connectivity index (χ4v) is 3.58. The average Bonchev–Trinajstić information content (AvgIpc) is 2.77. The van der Waals surface area contributed by atoms with E-state index in [2.05, 4.69) is 5.32 Å². The largest absolute Gasteiger partial charge is 0.493 e. The van der Waals surface area contributed by atoms with Gasteiger partial charge in [0.05, 0.1) is 31.0 Å². The van der Waals surface area contributed by atoms with Crippen LogP contribution >= 0.6 is 0 Å². The Balaban J connectivity index is 1.93. The Morgan fingerprint density at radius 3 is 2.60 bits per heavy atom. The van der Waals surface area contributed by atoms with E-state index in [1.807, 2.05) is 30.3 Å². The predicted molar refractivity (Wildman–Crippen MR) is 111 cm³/mol. The predicted octanol–water partition coefficient (Wildman–Crippen LogP) is 3.35. The van der Waals surface area contributed by atoms with Crippen molar-refractivity contribution in [2.75, 3.05) is 25.6 Å². The molecule has 1 atom stereocenters. The lowest BCUT2D eigenvalue weighted by Gasteiger charge is -2.35. The number of methoxy groups -OCH3 is 1. The van der Waals surface area contributed by atoms with Gasteiger partial charge in [0.15, 0.2) is 11.5 Å². The SMILES string of the molecule is COc1cc(C(=O)N2CCCCC2CO)c(NC(=O)O)cc1OCc1ccccc1. The zero-order valence-corrected chi connectivity index (χ0v) is 16.8. The van der Waals surface area contributed by atoms with E-state index in [1.54, 1.807) is 4.90 Å². The number of aliphatic hydroxyl groups is 1. The number of ether oxygens (including phenoxy) is 2. The maximum absolute atomic E-state index is 13.2. The summed E-state index contributed by atoms with van der Waals surface area (Å²) < 4.78 is 11.2. The summed E-state index contributed by atoms with van der Waals surface area (Å²) in [6.07, 6.45) is 1.18. The number of benzene rings is 2. The maximum atomic E-state index is 13.2. The number of hydrogen-bond donors (Lipinski definition) is 3. The van der Waals surface area contributed by atoms with E-state index < -0.39 is 6.09 Å². The molecule has 2 amide bonds. The lowest BCUT2D eigenvalue weighted by atomic mass is 10.0. The van der Waals surface area contributed by atoms with Crippen LogP contribution in [0.15, 0.2) is 42.5 Å². The van der Waals surface area contributed by atoms with Crippen molar-refractivity contribution >= 4 is 17.7 Å². The highest BCUT2D eigenvalue weighted by Gasteiger charge is 2.29. The van der Waals surface area contributed by atoms with Crippen LogP contribution in [0.25, 0.3) is 0 Å². The van der Waals surface area contributed by atoms with Gasteiger partial charge in [-0.25, -0.2) is 4.79 Å². The highest BCUT2D eigenvalue weighted by atomic mass is 16.5. The van der Waals surface area contributed by atoms with Gasteiger partial charge in [0.2, 0.25) is 0 Å². The third kappa shape index (κ3) is 5.01. The molecule has 2 aromatic rings. The standard InChI is InChI=1S/C22H26N2O6/c1-29-19-11-17(21(26)24-10-6-5-9-16(24)13-25)18(23-22(27)28)12-20(19)30-14-15-7-3-2-4-8-15/h2-4,7-8,11-12,16,23,25H,5-6,9-10,13-14H2,1H3,(H,27,28). The quantitative estimate of drug-likeness (QED) is 0.641. The third-order valence-corrected chi connectivity index (χ3v) is 5.11. The van der Waals surface area contributed by atoms with Crippen molar-refractivity contribution in [2.24, 2.45) is 0 Å². The summed E-state index contributed by atoms with van der Waals surface area (Å²) in [6.45, 7) is 0.629. The molecule has 1 unspecified atom stereocenters. The van der Waals surface area contributed by atoms with Crippen LogP contribution < -0.4 is 14.8 Å². The van der Waals surface area contributed by atoms with Gasteiger partial charge in [-0.15, -0.1) is 0 Å². The highest BCUT2D eigenvalue weighted by Crippen LogP contribution is 2.35. The molecule has 8 nitrogen and oxygen atoms in total. The van der Waals surface area contributed by atoms with Gasteiger partial charge in [0.1, 0.15) is 6.61 Å². The van der Waals surface area contributed by atoms with Crippen LogP contribution in [-0.2, 0) is 6.61 Å². The number of aliphatic hydroxyl groups excluding tert-OH is 1. The van der Waals surface area contributed by atoms with Gasteiger partial charge >= 0.3 is 6.09 Å². The van der Waals surface area contributed by atoms with Gasteiger partial charge in [-0.05, 0) is 30.9 Å². The second kappa shape index (κ2) is 9.98. The first-order chi connectivity index (χ1) is 14.5. The second-order valence-corrected chi connectivity index (χ2v) is 7.08. The summed E-state index contributed by atoms with van der Waals surface area (Å²) in [4.78, 5) is 26.1. The number of carbonyl (C=O) groups is 2. The molecule has 0 aliphatic carbocycles. The van der Waals surface area contributed by atoms with E-state index >= 15 is 0 Å². The van der Waals surface area contributed by atoms with Gasteiger partial charge in [0, 0.05) is 12.6 Å². The molecule has 160 valence electrons. The Hall–Kier alpha value is -3.26. The van der Waals surface area contributed by atoms with Gasteiger partial charge in [-0.2, -0.15) is 0 Å². The Morgan fingerprint density at radius 1 is 1.17 bits per heavy atom. The van der Waals surface area contributed by atoms with E-state index in [0.717, 1.165) is 18.4 Å². The fourth-order valence-electron chi connectivity index (χ4n) is 3.58. The molecule has 0 aromatic heterocycles. The highest BCUT2D eigenvalue weighted by molar-refractivity contribution is 6.03. The average molecular weight is 414 g/mol. The Labute approximate surface area is 175 Å². The number of nitrogens with one attached hydrogen (secondary N) is 1. The van der Waals surface area contributed by atoms with Gasteiger partial charge < -0.3 is 24.6 Å². The molecule has 0 bridgehead atoms. The van der Waals surface area contributed by atoms with Crippen LogP contribution in [0.3, 0.4) is 0 Å². The van der Waals surface area contributed by atoms with Crippen molar-refractivity contribution < 1.29 is 29.3 Å². The van der Waals surface area contributed by atoms with Crippen molar-refractivity contribution in [3.8, 4) is 11.5 Å². The van der Waals surface area contributed by atoms with Crippen LogP contribution in [-0.4, -0.2) is 53.4 Å². The number of rotatable bonds is 7. The Bertz CT molecular complexity index is 887. The van der Waals surface area contributed by atoms with E-state index in [4.69, 9.17) is 9.47 Å². The lowest BCUT2D eigenvalue weighted by molar-refractivity contribution is 0.0503. The van der Waals surface area contributed by atoms with Crippen LogP contribution in [0.1, 0.15) is 35.2 Å². The first kappa shape index (κ1) is 21.4. The molecule has 2 aromatic carbocycles. The molecule has 1 aliphatic rings. The first-order valence-electron chi connectivity index (χ1n) is 9.84. The molecule has 1 fully saturated rings. The first-order valence-corrected chi connectivity index (χ1v) is 9.84. The molecule has 0 spiro atoms. The lowest BCUT2D eigenvalue weighted by Crippen LogP contribution is -2.45. The third-order valence-electron chi connectivity index (χ3n) is 5.11. The number of anilines is 1. The minimum Gasteiger partial charge on any atom is -0.493 e. The monoisotopic (exact) mass is 414 g/mol. The molecule has 1 aliphatic heterocycles. The number of hydrogen-bond acceptors (Lipinski definition) is 5. The normalized spacial score (nSPS) is 16.1. The van der Waals surface area contributed by atoms with Crippen LogP contribution in [0, 0.1) is 0 Å². The summed E-state index contributed by atoms with van der Waals surface area (Å²) in [5.74, 6) is 0.284. The molecule has 30 heavy (non-hydrogen) atoms. The van der Waals surface area contributed by atoms with Crippen LogP contribution in [0.4, 0.5) is 10.5 Å². The number of carboxylic acid groups (broad SMARTS) is 1. The number of carbonyl (C=O) groups excluding carboxylic acids is 1. The molecule has 0 radical (unpaired) electrons.